The Morgan fingerprint density at radius 1 is 1.41 bits per heavy atom. The predicted octanol–water partition coefficient (Wildman–Crippen LogP) is -2.12. The molecule has 0 radical (unpaired) electrons. The van der Waals surface area contributed by atoms with Crippen molar-refractivity contribution in [2.75, 3.05) is 12.0 Å². The molecule has 0 aliphatic carbocycles. The van der Waals surface area contributed by atoms with E-state index in [0.29, 0.717) is 17.9 Å². The fourth-order valence-electron chi connectivity index (χ4n) is 0.809. The van der Waals surface area contributed by atoms with E-state index in [1.807, 2.05) is 0 Å². The van der Waals surface area contributed by atoms with E-state index >= 15 is 0 Å². The Kier molecular flexibility index (Phi) is 12.2. The zero-order chi connectivity index (χ0) is 12.6. The molecule has 90 valence electrons. The molecule has 0 aromatic heterocycles. The molecule has 1 N–H and O–H groups in total. The average molecular weight is 285 g/mol. The van der Waals surface area contributed by atoms with Crippen LogP contribution in [0.5, 0.6) is 0 Å². The Morgan fingerprint density at radius 3 is 2.41 bits per heavy atom. The van der Waals surface area contributed by atoms with E-state index in [2.05, 4.69) is 4.99 Å². The largest absolute Gasteiger partial charge is 2.00 e. The number of hydrogen-bond donors (Lipinski definition) is 1. The normalized spacial score (nSPS) is 13.1. The van der Waals surface area contributed by atoms with Crippen LogP contribution >= 0.6 is 11.8 Å². The van der Waals surface area contributed by atoms with E-state index < -0.39 is 23.9 Å². The van der Waals surface area contributed by atoms with Gasteiger partial charge in [0.25, 0.3) is 0 Å². The van der Waals surface area contributed by atoms with Gasteiger partial charge < -0.3 is 20.1 Å². The van der Waals surface area contributed by atoms with Gasteiger partial charge in [0.1, 0.15) is 6.04 Å². The Morgan fingerprint density at radius 2 is 2.00 bits per heavy atom. The topological polar surface area (TPSA) is 113 Å². The maximum Gasteiger partial charge on any atom is 2.00 e. The number of carboxylic acid groups (broad SMARTS) is 2. The summed E-state index contributed by atoms with van der Waals surface area (Å²) in [6.45, 7) is 0. The third-order valence-corrected chi connectivity index (χ3v) is 2.17. The first-order valence-electron chi connectivity index (χ1n) is 4.33. The van der Waals surface area contributed by atoms with Crippen LogP contribution in [0.4, 0.5) is 0 Å². The van der Waals surface area contributed by atoms with E-state index in [0.717, 1.165) is 0 Å². The molecule has 0 rings (SSSR count). The third kappa shape index (κ3) is 10.6. The van der Waals surface area contributed by atoms with E-state index in [9.17, 15) is 19.8 Å². The van der Waals surface area contributed by atoms with Crippen molar-refractivity contribution in [3.63, 3.8) is 0 Å². The molecule has 0 amide bonds. The zero-order valence-corrected chi connectivity index (χ0v) is 12.3. The third-order valence-electron chi connectivity index (χ3n) is 1.53. The van der Waals surface area contributed by atoms with Crippen LogP contribution < -0.4 is 10.2 Å². The van der Waals surface area contributed by atoms with Crippen molar-refractivity contribution >= 4 is 67.3 Å². The number of carboxylic acids is 2. The van der Waals surface area contributed by atoms with Crippen LogP contribution in [0.15, 0.2) is 17.1 Å². The first kappa shape index (κ1) is 19.1. The summed E-state index contributed by atoms with van der Waals surface area (Å²) in [5.74, 6) is -3.07. The van der Waals surface area contributed by atoms with Gasteiger partial charge >= 0.3 is 43.7 Å². The number of hydrogen-bond acceptors (Lipinski definition) is 6. The SMILES string of the molecule is CSCC[C@@H](N=C([O-])/C=C\C(=O)[O-])C(=O)O.[Ca+2]. The molecule has 0 aliphatic heterocycles. The van der Waals surface area contributed by atoms with Gasteiger partial charge in [-0.2, -0.15) is 11.8 Å². The Bertz CT molecular complexity index is 319. The molecule has 0 saturated carbocycles. The van der Waals surface area contributed by atoms with Gasteiger partial charge in [-0.1, -0.05) is 6.08 Å². The maximum absolute atomic E-state index is 11.0. The molecule has 0 fully saturated rings. The maximum atomic E-state index is 11.0. The minimum Gasteiger partial charge on any atom is -0.859 e. The van der Waals surface area contributed by atoms with E-state index in [-0.39, 0.29) is 44.2 Å². The molecular weight excluding hydrogens is 274 g/mol. The van der Waals surface area contributed by atoms with Crippen LogP contribution in [0.1, 0.15) is 6.42 Å². The molecule has 8 heteroatoms. The molecule has 1 atom stereocenters. The van der Waals surface area contributed by atoms with Crippen LogP contribution in [0.25, 0.3) is 0 Å². The fourth-order valence-corrected chi connectivity index (χ4v) is 1.27. The molecule has 0 bridgehead atoms. The summed E-state index contributed by atoms with van der Waals surface area (Å²) in [5.41, 5.74) is 0. The van der Waals surface area contributed by atoms with Gasteiger partial charge in [0, 0.05) is 0 Å². The van der Waals surface area contributed by atoms with E-state index in [1.54, 1.807) is 6.26 Å². The van der Waals surface area contributed by atoms with Gasteiger partial charge in [0.05, 0.1) is 5.97 Å². The second kappa shape index (κ2) is 10.9. The molecule has 0 spiro atoms. The van der Waals surface area contributed by atoms with Crippen molar-refractivity contribution in [3.05, 3.63) is 12.2 Å². The van der Waals surface area contributed by atoms with Crippen molar-refractivity contribution < 1.29 is 24.9 Å². The first-order chi connectivity index (χ1) is 7.47. The number of aliphatic imine (C=N–C) groups is 1. The molecule has 0 unspecified atom stereocenters. The molecule has 17 heavy (non-hydrogen) atoms. The second-order valence-electron chi connectivity index (χ2n) is 2.76. The van der Waals surface area contributed by atoms with Gasteiger partial charge in [-0.3, -0.25) is 4.99 Å². The summed E-state index contributed by atoms with van der Waals surface area (Å²) < 4.78 is 0. The van der Waals surface area contributed by atoms with Crippen LogP contribution in [0.3, 0.4) is 0 Å². The number of rotatable bonds is 7. The molecule has 0 aromatic carbocycles. The van der Waals surface area contributed by atoms with Crippen molar-refractivity contribution in [1.82, 2.24) is 0 Å². The molecule has 6 nitrogen and oxygen atoms in total. The van der Waals surface area contributed by atoms with E-state index in [1.165, 1.54) is 11.8 Å². The number of carbonyl (C=O) groups excluding carboxylic acids is 1. The summed E-state index contributed by atoms with van der Waals surface area (Å²) in [5, 5.41) is 29.7. The smallest absolute Gasteiger partial charge is 0.859 e. The Balaban J connectivity index is 0. The minimum absolute atomic E-state index is 0. The second-order valence-corrected chi connectivity index (χ2v) is 3.74. The van der Waals surface area contributed by atoms with Gasteiger partial charge in [0.2, 0.25) is 0 Å². The van der Waals surface area contributed by atoms with Crippen LogP contribution in [-0.2, 0) is 9.59 Å². The van der Waals surface area contributed by atoms with E-state index in [4.69, 9.17) is 5.11 Å². The van der Waals surface area contributed by atoms with Crippen LogP contribution in [0.2, 0.25) is 0 Å². The van der Waals surface area contributed by atoms with Crippen molar-refractivity contribution in [1.29, 1.82) is 0 Å². The average Bonchev–Trinajstić information content (AvgIpc) is 2.20. The molecule has 0 saturated heterocycles. The molecular formula is C9H11CaNO5S. The minimum atomic E-state index is -1.53. The predicted molar refractivity (Wildman–Crippen MR) is 61.8 cm³/mol. The van der Waals surface area contributed by atoms with Crippen molar-refractivity contribution in [2.45, 2.75) is 12.5 Å². The van der Waals surface area contributed by atoms with Crippen molar-refractivity contribution in [2.24, 2.45) is 4.99 Å². The zero-order valence-electron chi connectivity index (χ0n) is 9.29. The quantitative estimate of drug-likeness (QED) is 0.247. The van der Waals surface area contributed by atoms with Crippen LogP contribution in [0, 0.1) is 0 Å². The van der Waals surface area contributed by atoms with Gasteiger partial charge in [-0.25, -0.2) is 4.79 Å². The number of carbonyl (C=O) groups is 2. The summed E-state index contributed by atoms with van der Waals surface area (Å²) in [7, 11) is 0. The summed E-state index contributed by atoms with van der Waals surface area (Å²) in [6, 6.07) is -1.13. The number of aliphatic carboxylic acids is 2. The summed E-state index contributed by atoms with van der Waals surface area (Å²) >= 11 is 1.44. The van der Waals surface area contributed by atoms with Crippen LogP contribution in [-0.4, -0.2) is 78.7 Å². The molecule has 0 heterocycles. The first-order valence-corrected chi connectivity index (χ1v) is 5.72. The van der Waals surface area contributed by atoms with Gasteiger partial charge in [0.15, 0.2) is 0 Å². The van der Waals surface area contributed by atoms with Gasteiger partial charge in [-0.05, 0) is 30.4 Å². The monoisotopic (exact) mass is 285 g/mol. The Labute approximate surface area is 133 Å². The standard InChI is InChI=1S/C9H13NO5S.Ca/c1-16-5-4-6(9(14)15)10-7(11)2-3-8(12)13;/h2-3,6H,4-5H2,1H3,(H,10,11)(H,12,13)(H,14,15);/q;+2/p-2/b3-2-;/t6-;/m1./s1. The summed E-state index contributed by atoms with van der Waals surface area (Å²) in [6.07, 6.45) is 3.21. The Hall–Kier alpha value is -0.240. The fraction of sp³-hybridized carbons (Fsp3) is 0.444. The summed E-state index contributed by atoms with van der Waals surface area (Å²) in [4.78, 5) is 24.0. The van der Waals surface area contributed by atoms with Crippen molar-refractivity contribution in [3.8, 4) is 0 Å². The number of nitrogens with zero attached hydrogens (tertiary/aromatic N) is 1. The molecule has 0 aromatic rings. The molecule has 0 aliphatic rings. The van der Waals surface area contributed by atoms with Gasteiger partial charge in [-0.15, -0.1) is 0 Å². The number of thioether (sulfide) groups is 1.